The summed E-state index contributed by atoms with van der Waals surface area (Å²) in [4.78, 5) is 19.8. The molecule has 6 heteroatoms. The normalized spacial score (nSPS) is 21.1. The van der Waals surface area contributed by atoms with E-state index in [-0.39, 0.29) is 17.9 Å². The summed E-state index contributed by atoms with van der Waals surface area (Å²) in [5.41, 5.74) is 0.835. The van der Waals surface area contributed by atoms with Crippen LogP contribution in [0.15, 0.2) is 18.2 Å². The van der Waals surface area contributed by atoms with E-state index in [0.717, 1.165) is 66.2 Å². The van der Waals surface area contributed by atoms with Gasteiger partial charge in [-0.05, 0) is 37.8 Å². The van der Waals surface area contributed by atoms with Gasteiger partial charge in [-0.3, -0.25) is 9.69 Å². The van der Waals surface area contributed by atoms with E-state index in [1.807, 2.05) is 23.1 Å². The number of fused-ring (bicyclic) bond motifs is 1. The average Bonchev–Trinajstić information content (AvgIpc) is 3.39. The van der Waals surface area contributed by atoms with E-state index in [1.165, 1.54) is 0 Å². The van der Waals surface area contributed by atoms with Gasteiger partial charge in [0.05, 0.1) is 24.5 Å². The third kappa shape index (κ3) is 3.37. The van der Waals surface area contributed by atoms with E-state index in [4.69, 9.17) is 14.5 Å². The lowest BCUT2D eigenvalue weighted by atomic mass is 10.1. The highest BCUT2D eigenvalue weighted by atomic mass is 32.1. The molecular weight excluding hydrogens is 336 g/mol. The Bertz CT molecular complexity index is 748. The number of nitrogens with zero attached hydrogens (tertiary/aromatic N) is 2. The zero-order chi connectivity index (χ0) is 17.2. The van der Waals surface area contributed by atoms with Gasteiger partial charge in [0.1, 0.15) is 11.3 Å². The maximum atomic E-state index is 13.2. The van der Waals surface area contributed by atoms with Crippen LogP contribution in [0.5, 0.6) is 5.75 Å². The predicted molar refractivity (Wildman–Crippen MR) is 99.5 cm³/mol. The maximum Gasteiger partial charge on any atom is 0.231 e. The Kier molecular flexibility index (Phi) is 4.90. The minimum Gasteiger partial charge on any atom is -0.494 e. The molecule has 4 rings (SSSR count). The molecule has 1 aliphatic heterocycles. The summed E-state index contributed by atoms with van der Waals surface area (Å²) in [6.45, 7) is 1.40. The highest BCUT2D eigenvalue weighted by molar-refractivity contribution is 7.22. The van der Waals surface area contributed by atoms with Crippen molar-refractivity contribution in [3.05, 3.63) is 18.2 Å². The third-order valence-electron chi connectivity index (χ3n) is 5.20. The van der Waals surface area contributed by atoms with Crippen molar-refractivity contribution in [2.45, 2.75) is 44.6 Å². The van der Waals surface area contributed by atoms with Crippen molar-refractivity contribution < 1.29 is 14.3 Å². The first-order chi connectivity index (χ1) is 12.3. The van der Waals surface area contributed by atoms with E-state index in [1.54, 1.807) is 18.4 Å². The van der Waals surface area contributed by atoms with E-state index < -0.39 is 0 Å². The SMILES string of the molecule is COc1cccc2sc(N(C[C@@H]3CCCO3)C(=O)C3CCCC3)nc12. The zero-order valence-electron chi connectivity index (χ0n) is 14.6. The molecule has 2 aliphatic rings. The van der Waals surface area contributed by atoms with Gasteiger partial charge >= 0.3 is 0 Å². The highest BCUT2D eigenvalue weighted by Crippen LogP contribution is 2.36. The van der Waals surface area contributed by atoms with Gasteiger partial charge in [0.2, 0.25) is 5.91 Å². The number of para-hydroxylation sites is 1. The summed E-state index contributed by atoms with van der Waals surface area (Å²) in [5.74, 6) is 1.10. The molecule has 1 atom stereocenters. The predicted octanol–water partition coefficient (Wildman–Crippen LogP) is 4.01. The monoisotopic (exact) mass is 360 g/mol. The van der Waals surface area contributed by atoms with Gasteiger partial charge in [0.15, 0.2) is 5.13 Å². The summed E-state index contributed by atoms with van der Waals surface area (Å²) in [6.07, 6.45) is 6.51. The number of hydrogen-bond donors (Lipinski definition) is 0. The smallest absolute Gasteiger partial charge is 0.231 e. The van der Waals surface area contributed by atoms with Crippen LogP contribution >= 0.6 is 11.3 Å². The van der Waals surface area contributed by atoms with Crippen molar-refractivity contribution in [2.24, 2.45) is 5.92 Å². The fourth-order valence-corrected chi connectivity index (χ4v) is 4.84. The Labute approximate surface area is 151 Å². The molecule has 5 nitrogen and oxygen atoms in total. The molecule has 1 aliphatic carbocycles. The Morgan fingerprint density at radius 1 is 1.32 bits per heavy atom. The second kappa shape index (κ2) is 7.30. The van der Waals surface area contributed by atoms with E-state index >= 15 is 0 Å². The van der Waals surface area contributed by atoms with Crippen molar-refractivity contribution >= 4 is 32.6 Å². The van der Waals surface area contributed by atoms with Crippen molar-refractivity contribution in [1.82, 2.24) is 4.98 Å². The molecule has 1 aromatic heterocycles. The molecule has 1 saturated carbocycles. The molecule has 0 spiro atoms. The molecule has 0 bridgehead atoms. The number of ether oxygens (including phenoxy) is 2. The molecule has 0 radical (unpaired) electrons. The van der Waals surface area contributed by atoms with Crippen LogP contribution in [-0.2, 0) is 9.53 Å². The minimum absolute atomic E-state index is 0.124. The van der Waals surface area contributed by atoms with Crippen LogP contribution in [0.1, 0.15) is 38.5 Å². The third-order valence-corrected chi connectivity index (χ3v) is 6.25. The molecule has 1 saturated heterocycles. The number of thiazole rings is 1. The van der Waals surface area contributed by atoms with E-state index in [9.17, 15) is 4.79 Å². The van der Waals surface area contributed by atoms with Crippen molar-refractivity contribution in [3.63, 3.8) is 0 Å². The van der Waals surface area contributed by atoms with Crippen molar-refractivity contribution in [2.75, 3.05) is 25.2 Å². The Balaban J connectivity index is 1.67. The number of anilines is 1. The van der Waals surface area contributed by atoms with Crippen LogP contribution in [0, 0.1) is 5.92 Å². The van der Waals surface area contributed by atoms with Crippen LogP contribution in [0.4, 0.5) is 5.13 Å². The summed E-state index contributed by atoms with van der Waals surface area (Å²) in [6, 6.07) is 5.91. The summed E-state index contributed by atoms with van der Waals surface area (Å²) in [7, 11) is 1.65. The number of carbonyl (C=O) groups excluding carboxylic acids is 1. The van der Waals surface area contributed by atoms with Gasteiger partial charge in [0, 0.05) is 12.5 Å². The first kappa shape index (κ1) is 16.8. The first-order valence-electron chi connectivity index (χ1n) is 9.13. The second-order valence-corrected chi connectivity index (χ2v) is 7.88. The van der Waals surface area contributed by atoms with Gasteiger partial charge in [-0.2, -0.15) is 0 Å². The van der Waals surface area contributed by atoms with Gasteiger partial charge < -0.3 is 9.47 Å². The number of rotatable bonds is 5. The van der Waals surface area contributed by atoms with Crippen molar-refractivity contribution in [1.29, 1.82) is 0 Å². The molecule has 0 N–H and O–H groups in total. The second-order valence-electron chi connectivity index (χ2n) is 6.87. The van der Waals surface area contributed by atoms with Gasteiger partial charge in [-0.1, -0.05) is 30.2 Å². The number of methoxy groups -OCH3 is 1. The lowest BCUT2D eigenvalue weighted by Gasteiger charge is -2.25. The summed E-state index contributed by atoms with van der Waals surface area (Å²) < 4.78 is 12.3. The standard InChI is InChI=1S/C19H24N2O3S/c1-23-15-9-4-10-16-17(15)20-19(25-16)21(12-14-8-5-11-24-14)18(22)13-6-2-3-7-13/h4,9-10,13-14H,2-3,5-8,11-12H2,1H3/t14-/m0/s1. The van der Waals surface area contributed by atoms with Gasteiger partial charge in [-0.25, -0.2) is 4.98 Å². The van der Waals surface area contributed by atoms with E-state index in [0.29, 0.717) is 6.54 Å². The zero-order valence-corrected chi connectivity index (χ0v) is 15.4. The van der Waals surface area contributed by atoms with E-state index in [2.05, 4.69) is 0 Å². The van der Waals surface area contributed by atoms with Crippen LogP contribution in [0.25, 0.3) is 10.2 Å². The number of amides is 1. The Morgan fingerprint density at radius 3 is 2.88 bits per heavy atom. The number of carbonyl (C=O) groups is 1. The first-order valence-corrected chi connectivity index (χ1v) is 9.94. The fraction of sp³-hybridized carbons (Fsp3) is 0.579. The van der Waals surface area contributed by atoms with Crippen LogP contribution in [0.3, 0.4) is 0 Å². The van der Waals surface area contributed by atoms with Crippen LogP contribution < -0.4 is 9.64 Å². The minimum atomic E-state index is 0.124. The largest absolute Gasteiger partial charge is 0.494 e. The average molecular weight is 360 g/mol. The van der Waals surface area contributed by atoms with Gasteiger partial charge in [0.25, 0.3) is 0 Å². The topological polar surface area (TPSA) is 51.7 Å². The van der Waals surface area contributed by atoms with Gasteiger partial charge in [-0.15, -0.1) is 0 Å². The quantitative estimate of drug-likeness (QED) is 0.808. The molecule has 2 fully saturated rings. The van der Waals surface area contributed by atoms with Crippen LogP contribution in [-0.4, -0.2) is 37.3 Å². The molecule has 1 amide bonds. The molecule has 25 heavy (non-hydrogen) atoms. The number of benzene rings is 1. The molecule has 134 valence electrons. The molecule has 2 heterocycles. The lowest BCUT2D eigenvalue weighted by Crippen LogP contribution is -2.40. The van der Waals surface area contributed by atoms with Crippen molar-refractivity contribution in [3.8, 4) is 5.75 Å². The van der Waals surface area contributed by atoms with Crippen LogP contribution in [0.2, 0.25) is 0 Å². The number of hydrogen-bond acceptors (Lipinski definition) is 5. The number of aromatic nitrogens is 1. The molecule has 2 aromatic rings. The lowest BCUT2D eigenvalue weighted by molar-refractivity contribution is -0.122. The molecular formula is C19H24N2O3S. The highest BCUT2D eigenvalue weighted by Gasteiger charge is 2.32. The Hall–Kier alpha value is -1.66. The summed E-state index contributed by atoms with van der Waals surface area (Å²) >= 11 is 1.56. The fourth-order valence-electron chi connectivity index (χ4n) is 3.84. The Morgan fingerprint density at radius 2 is 2.16 bits per heavy atom. The maximum absolute atomic E-state index is 13.2. The molecule has 0 unspecified atom stereocenters. The summed E-state index contributed by atoms with van der Waals surface area (Å²) in [5, 5.41) is 0.770. The molecule has 1 aromatic carbocycles.